The number of carbonyl (C=O) groups is 1. The van der Waals surface area contributed by atoms with E-state index >= 15 is 0 Å². The zero-order valence-electron chi connectivity index (χ0n) is 11.6. The van der Waals surface area contributed by atoms with Gasteiger partial charge in [0.2, 0.25) is 5.91 Å². The van der Waals surface area contributed by atoms with Crippen molar-refractivity contribution < 1.29 is 4.79 Å². The van der Waals surface area contributed by atoms with Gasteiger partial charge < -0.3 is 5.32 Å². The van der Waals surface area contributed by atoms with Gasteiger partial charge in [-0.25, -0.2) is 10.4 Å². The quantitative estimate of drug-likeness (QED) is 0.769. The van der Waals surface area contributed by atoms with Crippen molar-refractivity contribution >= 4 is 5.91 Å². The second-order valence-corrected chi connectivity index (χ2v) is 5.25. The Morgan fingerprint density at radius 3 is 2.47 bits per heavy atom. The zero-order valence-corrected chi connectivity index (χ0v) is 11.6. The lowest BCUT2D eigenvalue weighted by atomic mass is 10.00. The molecule has 1 heterocycles. The first-order valence-electron chi connectivity index (χ1n) is 6.85. The Hall–Kier alpha value is -0.610. The van der Waals surface area contributed by atoms with E-state index in [9.17, 15) is 4.79 Å². The van der Waals surface area contributed by atoms with Gasteiger partial charge in [0, 0.05) is 18.1 Å². The monoisotopic (exact) mass is 241 g/mol. The van der Waals surface area contributed by atoms with Crippen molar-refractivity contribution in [3.63, 3.8) is 0 Å². The van der Waals surface area contributed by atoms with Gasteiger partial charge in [0.25, 0.3) is 0 Å². The Kier molecular flexibility index (Phi) is 5.92. The van der Waals surface area contributed by atoms with Crippen molar-refractivity contribution in [2.45, 2.75) is 71.5 Å². The standard InChI is InChI=1S/C13H27N3O/c1-5-10(2)15-13(17)9-14-16-11(3)7-6-8-12(16)4/h10-12,14H,5-9H2,1-4H3,(H,15,17). The van der Waals surface area contributed by atoms with Crippen LogP contribution in [0.15, 0.2) is 0 Å². The van der Waals surface area contributed by atoms with E-state index in [1.165, 1.54) is 19.3 Å². The molecule has 0 aliphatic carbocycles. The second kappa shape index (κ2) is 6.97. The van der Waals surface area contributed by atoms with E-state index in [0.29, 0.717) is 18.6 Å². The second-order valence-electron chi connectivity index (χ2n) is 5.25. The molecule has 100 valence electrons. The maximum absolute atomic E-state index is 11.7. The van der Waals surface area contributed by atoms with Gasteiger partial charge in [-0.05, 0) is 40.0 Å². The van der Waals surface area contributed by atoms with Crippen molar-refractivity contribution in [1.29, 1.82) is 0 Å². The van der Waals surface area contributed by atoms with Gasteiger partial charge in [0.1, 0.15) is 0 Å². The highest BCUT2D eigenvalue weighted by molar-refractivity contribution is 5.78. The molecule has 3 atom stereocenters. The van der Waals surface area contributed by atoms with Crippen LogP contribution in [0.3, 0.4) is 0 Å². The average Bonchev–Trinajstić information content (AvgIpc) is 2.28. The summed E-state index contributed by atoms with van der Waals surface area (Å²) in [5.41, 5.74) is 3.27. The Labute approximate surface area is 105 Å². The summed E-state index contributed by atoms with van der Waals surface area (Å²) in [5.74, 6) is 0.0873. The number of hydrogen-bond acceptors (Lipinski definition) is 3. The van der Waals surface area contributed by atoms with E-state index in [-0.39, 0.29) is 11.9 Å². The van der Waals surface area contributed by atoms with Gasteiger partial charge in [-0.3, -0.25) is 4.79 Å². The molecule has 0 aromatic heterocycles. The fourth-order valence-electron chi connectivity index (χ4n) is 2.32. The smallest absolute Gasteiger partial charge is 0.235 e. The summed E-state index contributed by atoms with van der Waals surface area (Å²) in [6.07, 6.45) is 4.69. The summed E-state index contributed by atoms with van der Waals surface area (Å²) in [5, 5.41) is 5.21. The normalized spacial score (nSPS) is 27.8. The highest BCUT2D eigenvalue weighted by Crippen LogP contribution is 2.19. The van der Waals surface area contributed by atoms with Crippen molar-refractivity contribution in [2.24, 2.45) is 0 Å². The van der Waals surface area contributed by atoms with Gasteiger partial charge in [-0.15, -0.1) is 0 Å². The lowest BCUT2D eigenvalue weighted by molar-refractivity contribution is -0.122. The molecule has 4 heteroatoms. The van der Waals surface area contributed by atoms with Gasteiger partial charge in [-0.1, -0.05) is 13.3 Å². The fourth-order valence-corrected chi connectivity index (χ4v) is 2.32. The minimum Gasteiger partial charge on any atom is -0.353 e. The third-order valence-electron chi connectivity index (χ3n) is 3.64. The van der Waals surface area contributed by atoms with Gasteiger partial charge >= 0.3 is 0 Å². The SMILES string of the molecule is CCC(C)NC(=O)CNN1C(C)CCCC1C. The molecule has 0 aromatic rings. The Morgan fingerprint density at radius 1 is 1.35 bits per heavy atom. The lowest BCUT2D eigenvalue weighted by Gasteiger charge is -2.39. The van der Waals surface area contributed by atoms with E-state index in [0.717, 1.165) is 6.42 Å². The zero-order chi connectivity index (χ0) is 12.8. The molecule has 0 bridgehead atoms. The van der Waals surface area contributed by atoms with Crippen LogP contribution in [0.25, 0.3) is 0 Å². The molecule has 0 aromatic carbocycles. The molecule has 1 saturated heterocycles. The predicted octanol–water partition coefficient (Wildman–Crippen LogP) is 1.67. The molecule has 3 unspecified atom stereocenters. The van der Waals surface area contributed by atoms with Crippen molar-refractivity contribution in [3.8, 4) is 0 Å². The molecular formula is C13H27N3O. The summed E-state index contributed by atoms with van der Waals surface area (Å²) < 4.78 is 0. The lowest BCUT2D eigenvalue weighted by Crippen LogP contribution is -2.54. The number of amides is 1. The molecule has 1 rings (SSSR count). The molecular weight excluding hydrogens is 214 g/mol. The first kappa shape index (κ1) is 14.5. The minimum atomic E-state index is 0.0873. The van der Waals surface area contributed by atoms with E-state index < -0.39 is 0 Å². The van der Waals surface area contributed by atoms with Crippen LogP contribution in [0, 0.1) is 0 Å². The summed E-state index contributed by atoms with van der Waals surface area (Å²) in [7, 11) is 0. The molecule has 2 N–H and O–H groups in total. The summed E-state index contributed by atoms with van der Waals surface area (Å²) in [6, 6.07) is 1.31. The van der Waals surface area contributed by atoms with E-state index in [2.05, 4.69) is 36.5 Å². The predicted molar refractivity (Wildman–Crippen MR) is 70.5 cm³/mol. The van der Waals surface area contributed by atoms with E-state index in [1.54, 1.807) is 0 Å². The third-order valence-corrected chi connectivity index (χ3v) is 3.64. The van der Waals surface area contributed by atoms with Gasteiger partial charge in [0.15, 0.2) is 0 Å². The van der Waals surface area contributed by atoms with Crippen LogP contribution in [0.2, 0.25) is 0 Å². The highest BCUT2D eigenvalue weighted by Gasteiger charge is 2.24. The largest absolute Gasteiger partial charge is 0.353 e. The molecule has 1 aliphatic heterocycles. The van der Waals surface area contributed by atoms with Crippen LogP contribution in [-0.4, -0.2) is 35.6 Å². The first-order chi connectivity index (χ1) is 8.04. The highest BCUT2D eigenvalue weighted by atomic mass is 16.2. The number of nitrogens with zero attached hydrogens (tertiary/aromatic N) is 1. The molecule has 0 saturated carbocycles. The van der Waals surface area contributed by atoms with Crippen LogP contribution in [-0.2, 0) is 4.79 Å². The van der Waals surface area contributed by atoms with E-state index in [4.69, 9.17) is 0 Å². The molecule has 4 nitrogen and oxygen atoms in total. The number of hydrazine groups is 1. The molecule has 1 fully saturated rings. The number of hydrogen-bond donors (Lipinski definition) is 2. The summed E-state index contributed by atoms with van der Waals surface area (Å²) in [4.78, 5) is 11.7. The maximum Gasteiger partial charge on any atom is 0.235 e. The van der Waals surface area contributed by atoms with Gasteiger partial charge in [-0.2, -0.15) is 0 Å². The van der Waals surface area contributed by atoms with Crippen LogP contribution >= 0.6 is 0 Å². The topological polar surface area (TPSA) is 44.4 Å². The maximum atomic E-state index is 11.7. The average molecular weight is 241 g/mol. The number of piperidine rings is 1. The molecule has 1 amide bonds. The molecule has 1 aliphatic rings. The van der Waals surface area contributed by atoms with Crippen molar-refractivity contribution in [3.05, 3.63) is 0 Å². The fraction of sp³-hybridized carbons (Fsp3) is 0.923. The Balaban J connectivity index is 2.31. The minimum absolute atomic E-state index is 0.0873. The summed E-state index contributed by atoms with van der Waals surface area (Å²) >= 11 is 0. The molecule has 0 spiro atoms. The first-order valence-corrected chi connectivity index (χ1v) is 6.85. The number of carbonyl (C=O) groups excluding carboxylic acids is 1. The van der Waals surface area contributed by atoms with E-state index in [1.807, 2.05) is 6.92 Å². The summed E-state index contributed by atoms with van der Waals surface area (Å²) in [6.45, 7) is 8.93. The van der Waals surface area contributed by atoms with Crippen LogP contribution in [0.5, 0.6) is 0 Å². The van der Waals surface area contributed by atoms with Gasteiger partial charge in [0.05, 0.1) is 6.54 Å². The third kappa shape index (κ3) is 4.64. The van der Waals surface area contributed by atoms with Crippen LogP contribution in [0.1, 0.15) is 53.4 Å². The molecule has 17 heavy (non-hydrogen) atoms. The van der Waals surface area contributed by atoms with Crippen LogP contribution in [0.4, 0.5) is 0 Å². The number of nitrogens with one attached hydrogen (secondary N) is 2. The molecule has 0 radical (unpaired) electrons. The van der Waals surface area contributed by atoms with Crippen molar-refractivity contribution in [2.75, 3.05) is 6.54 Å². The Bertz CT molecular complexity index is 235. The Morgan fingerprint density at radius 2 is 1.94 bits per heavy atom. The van der Waals surface area contributed by atoms with Crippen molar-refractivity contribution in [1.82, 2.24) is 15.8 Å². The number of rotatable bonds is 5. The van der Waals surface area contributed by atoms with Crippen LogP contribution < -0.4 is 10.7 Å².